The third kappa shape index (κ3) is 4.64. The largest absolute Gasteiger partial charge is 0.390 e. The number of aromatic nitrogens is 2. The van der Waals surface area contributed by atoms with E-state index in [9.17, 15) is 19.3 Å². The lowest BCUT2D eigenvalue weighted by molar-refractivity contribution is -0.00713. The van der Waals surface area contributed by atoms with Gasteiger partial charge in [-0.25, -0.2) is 4.79 Å². The van der Waals surface area contributed by atoms with Crippen molar-refractivity contribution in [2.45, 2.75) is 44.9 Å². The maximum atomic E-state index is 12.4. The van der Waals surface area contributed by atoms with Gasteiger partial charge in [0.25, 0.3) is 5.56 Å². The van der Waals surface area contributed by atoms with Crippen molar-refractivity contribution in [1.29, 1.82) is 0 Å². The van der Waals surface area contributed by atoms with Crippen LogP contribution >= 0.6 is 7.60 Å². The Morgan fingerprint density at radius 2 is 1.96 bits per heavy atom. The molecule has 1 aromatic heterocycles. The van der Waals surface area contributed by atoms with Gasteiger partial charge in [-0.15, -0.1) is 0 Å². The summed E-state index contributed by atoms with van der Waals surface area (Å²) in [5.74, 6) is 0. The monoisotopic (exact) mass is 362 g/mol. The van der Waals surface area contributed by atoms with Crippen molar-refractivity contribution in [3.05, 3.63) is 33.1 Å². The van der Waals surface area contributed by atoms with Crippen molar-refractivity contribution in [2.24, 2.45) is 0 Å². The minimum Gasteiger partial charge on any atom is -0.390 e. The molecule has 1 aliphatic rings. The first-order chi connectivity index (χ1) is 11.4. The molecule has 1 aliphatic carbocycles. The van der Waals surface area contributed by atoms with Gasteiger partial charge in [-0.2, -0.15) is 0 Å². The Bertz CT molecular complexity index is 691. The summed E-state index contributed by atoms with van der Waals surface area (Å²) in [5.41, 5.74) is -1.01. The number of aromatic amines is 1. The van der Waals surface area contributed by atoms with Gasteiger partial charge < -0.3 is 18.9 Å². The van der Waals surface area contributed by atoms with Crippen molar-refractivity contribution >= 4 is 7.60 Å². The van der Waals surface area contributed by atoms with Gasteiger partial charge in [-0.1, -0.05) is 0 Å². The van der Waals surface area contributed by atoms with E-state index in [1.165, 1.54) is 16.8 Å². The Labute approximate surface area is 139 Å². The van der Waals surface area contributed by atoms with Crippen LogP contribution < -0.4 is 11.2 Å². The zero-order valence-corrected chi connectivity index (χ0v) is 14.6. The van der Waals surface area contributed by atoms with E-state index in [-0.39, 0.29) is 25.6 Å². The fourth-order valence-electron chi connectivity index (χ4n) is 2.77. The van der Waals surface area contributed by atoms with Gasteiger partial charge in [-0.05, 0) is 26.7 Å². The number of rotatable bonds is 8. The summed E-state index contributed by atoms with van der Waals surface area (Å²) >= 11 is 0. The molecule has 0 amide bonds. The second kappa shape index (κ2) is 8.22. The first kappa shape index (κ1) is 19.1. The molecular formula is C14H23N2O7P. The molecule has 24 heavy (non-hydrogen) atoms. The van der Waals surface area contributed by atoms with Crippen LogP contribution in [0.15, 0.2) is 21.9 Å². The first-order valence-electron chi connectivity index (χ1n) is 7.87. The molecule has 1 aromatic rings. The van der Waals surface area contributed by atoms with Crippen LogP contribution in [0.25, 0.3) is 0 Å². The van der Waals surface area contributed by atoms with Crippen LogP contribution in [0.5, 0.6) is 0 Å². The highest BCUT2D eigenvalue weighted by Gasteiger charge is 2.37. The highest BCUT2D eigenvalue weighted by Crippen LogP contribution is 2.49. The van der Waals surface area contributed by atoms with Crippen molar-refractivity contribution in [1.82, 2.24) is 9.55 Å². The molecule has 1 heterocycles. The lowest BCUT2D eigenvalue weighted by Gasteiger charge is -2.21. The zero-order chi connectivity index (χ0) is 17.7. The maximum absolute atomic E-state index is 12.4. The first-order valence-corrected chi connectivity index (χ1v) is 9.60. The molecule has 136 valence electrons. The Morgan fingerprint density at radius 3 is 2.54 bits per heavy atom. The lowest BCUT2D eigenvalue weighted by Crippen LogP contribution is -2.31. The molecule has 10 heteroatoms. The lowest BCUT2D eigenvalue weighted by atomic mass is 10.2. The Balaban J connectivity index is 2.02. The van der Waals surface area contributed by atoms with E-state index in [0.29, 0.717) is 12.8 Å². The molecule has 0 radical (unpaired) electrons. The van der Waals surface area contributed by atoms with Gasteiger partial charge in [0.05, 0.1) is 25.4 Å². The van der Waals surface area contributed by atoms with Crippen LogP contribution in [-0.4, -0.2) is 46.4 Å². The van der Waals surface area contributed by atoms with Crippen LogP contribution in [0.1, 0.15) is 32.7 Å². The Morgan fingerprint density at radius 1 is 1.29 bits per heavy atom. The van der Waals surface area contributed by atoms with E-state index in [2.05, 4.69) is 4.98 Å². The fraction of sp³-hybridized carbons (Fsp3) is 0.714. The Kier molecular flexibility index (Phi) is 6.54. The number of aliphatic hydroxyl groups excluding tert-OH is 1. The number of aliphatic hydroxyl groups is 1. The molecule has 0 bridgehead atoms. The number of nitrogens with zero attached hydrogens (tertiary/aromatic N) is 1. The van der Waals surface area contributed by atoms with E-state index in [1.807, 2.05) is 0 Å². The van der Waals surface area contributed by atoms with Gasteiger partial charge in [0.2, 0.25) is 0 Å². The van der Waals surface area contributed by atoms with Gasteiger partial charge in [0.1, 0.15) is 6.35 Å². The third-order valence-electron chi connectivity index (χ3n) is 3.79. The predicted octanol–water partition coefficient (Wildman–Crippen LogP) is 0.841. The van der Waals surface area contributed by atoms with Crippen molar-refractivity contribution in [3.63, 3.8) is 0 Å². The van der Waals surface area contributed by atoms with Crippen LogP contribution in [0, 0.1) is 0 Å². The summed E-state index contributed by atoms with van der Waals surface area (Å²) in [5, 5.41) is 10.1. The smallest absolute Gasteiger partial charge is 0.356 e. The van der Waals surface area contributed by atoms with E-state index in [1.54, 1.807) is 13.8 Å². The minimum atomic E-state index is -3.36. The topological polar surface area (TPSA) is 120 Å². The van der Waals surface area contributed by atoms with Crippen LogP contribution in [-0.2, 0) is 18.3 Å². The number of ether oxygens (including phenoxy) is 1. The number of H-pyrrole nitrogens is 1. The Hall–Kier alpha value is -1.25. The molecule has 1 saturated carbocycles. The molecule has 0 saturated heterocycles. The molecule has 3 atom stereocenters. The average molecular weight is 362 g/mol. The zero-order valence-electron chi connectivity index (χ0n) is 13.7. The second-order valence-corrected chi connectivity index (χ2v) is 7.49. The number of hydrogen-bond acceptors (Lipinski definition) is 7. The minimum absolute atomic E-state index is 0.225. The molecule has 1 fully saturated rings. The summed E-state index contributed by atoms with van der Waals surface area (Å²) in [6.45, 7) is 3.86. The summed E-state index contributed by atoms with van der Waals surface area (Å²) in [4.78, 5) is 25.1. The maximum Gasteiger partial charge on any atom is 0.356 e. The second-order valence-electron chi connectivity index (χ2n) is 5.49. The van der Waals surface area contributed by atoms with Crippen LogP contribution in [0.4, 0.5) is 0 Å². The molecule has 2 rings (SSSR count). The summed E-state index contributed by atoms with van der Waals surface area (Å²) in [6, 6.07) is 0.938. The summed E-state index contributed by atoms with van der Waals surface area (Å²) < 4.78 is 29.6. The summed E-state index contributed by atoms with van der Waals surface area (Å²) in [6.07, 6.45) is 0.374. The quantitative estimate of drug-likeness (QED) is 0.658. The highest BCUT2D eigenvalue weighted by molar-refractivity contribution is 7.53. The van der Waals surface area contributed by atoms with Crippen LogP contribution in [0.3, 0.4) is 0 Å². The average Bonchev–Trinajstić information content (AvgIpc) is 2.86. The molecule has 0 spiro atoms. The van der Waals surface area contributed by atoms with Gasteiger partial charge in [-0.3, -0.25) is 18.9 Å². The van der Waals surface area contributed by atoms with Crippen molar-refractivity contribution in [3.8, 4) is 0 Å². The van der Waals surface area contributed by atoms with Crippen LogP contribution in [0.2, 0.25) is 0 Å². The van der Waals surface area contributed by atoms with Gasteiger partial charge >= 0.3 is 13.3 Å². The molecule has 1 unspecified atom stereocenters. The fourth-order valence-corrected chi connectivity index (χ4v) is 4.15. The molecule has 0 aliphatic heterocycles. The van der Waals surface area contributed by atoms with Gasteiger partial charge in [0.15, 0.2) is 0 Å². The van der Waals surface area contributed by atoms with Crippen molar-refractivity contribution < 1.29 is 23.5 Å². The highest BCUT2D eigenvalue weighted by atomic mass is 31.2. The number of hydrogen-bond donors (Lipinski definition) is 2. The normalized spacial score (nSPS) is 24.4. The standard InChI is InChI=1S/C14H23N2O7P/c1-3-22-24(20,23-4-2)9-21-12-8-10(7-11(12)17)16-6-5-13(18)15-14(16)19/h5-6,10-12,17H,3-4,7-9H2,1-2H3,(H,15,18,19)/t10-,11?,12-/m1/s1. The third-order valence-corrected chi connectivity index (χ3v) is 5.56. The van der Waals surface area contributed by atoms with E-state index in [4.69, 9.17) is 13.8 Å². The SMILES string of the molecule is CCOP(=O)(CO[C@@H]1C[C@H](n2ccc(=O)[nH]c2=O)CC1O)OCC. The van der Waals surface area contributed by atoms with E-state index >= 15 is 0 Å². The number of nitrogens with one attached hydrogen (secondary N) is 1. The molecule has 0 aromatic carbocycles. The predicted molar refractivity (Wildman–Crippen MR) is 86.2 cm³/mol. The molecule has 9 nitrogen and oxygen atoms in total. The summed E-state index contributed by atoms with van der Waals surface area (Å²) in [7, 11) is -3.36. The van der Waals surface area contributed by atoms with Crippen molar-refractivity contribution in [2.75, 3.05) is 19.6 Å². The van der Waals surface area contributed by atoms with Gasteiger partial charge in [0, 0.05) is 18.3 Å². The molecule has 2 N–H and O–H groups in total. The molecular weight excluding hydrogens is 339 g/mol. The van der Waals surface area contributed by atoms with E-state index in [0.717, 1.165) is 0 Å². The van der Waals surface area contributed by atoms with E-state index < -0.39 is 31.1 Å².